The summed E-state index contributed by atoms with van der Waals surface area (Å²) < 4.78 is 0. The lowest BCUT2D eigenvalue weighted by Crippen LogP contribution is -2.48. The molecule has 0 rings (SSSR count). The molecule has 0 radical (unpaired) electrons. The van der Waals surface area contributed by atoms with E-state index in [4.69, 9.17) is 22.6 Å². The molecule has 2 N–H and O–H groups in total. The second-order valence-electron chi connectivity index (χ2n) is 2.95. The highest BCUT2D eigenvalue weighted by molar-refractivity contribution is 7.80. The van der Waals surface area contributed by atoms with Crippen molar-refractivity contribution in [2.45, 2.75) is 26.3 Å². The molecule has 0 fully saturated rings. The number of thiocarbonyl (C=S) groups is 1. The quantitative estimate of drug-likeness (QED) is 0.671. The van der Waals surface area contributed by atoms with E-state index in [1.165, 1.54) is 4.90 Å². The van der Waals surface area contributed by atoms with Gasteiger partial charge in [-0.1, -0.05) is 0 Å². The second kappa shape index (κ2) is 7.01. The van der Waals surface area contributed by atoms with Gasteiger partial charge in [-0.15, -0.1) is 0 Å². The van der Waals surface area contributed by atoms with Crippen LogP contribution in [0.4, 0.5) is 0 Å². The van der Waals surface area contributed by atoms with Crippen LogP contribution < -0.4 is 5.32 Å². The van der Waals surface area contributed by atoms with Gasteiger partial charge in [0.15, 0.2) is 5.11 Å². The fourth-order valence-electron chi connectivity index (χ4n) is 1.03. The van der Waals surface area contributed by atoms with Crippen molar-refractivity contribution >= 4 is 23.3 Å². The summed E-state index contributed by atoms with van der Waals surface area (Å²) in [7, 11) is 0. The van der Waals surface area contributed by atoms with Gasteiger partial charge in [0.2, 0.25) is 0 Å². The van der Waals surface area contributed by atoms with Crippen molar-refractivity contribution in [1.82, 2.24) is 10.2 Å². The van der Waals surface area contributed by atoms with Crippen molar-refractivity contribution in [3.63, 3.8) is 0 Å². The topological polar surface area (TPSA) is 76.4 Å². The van der Waals surface area contributed by atoms with Crippen molar-refractivity contribution in [1.29, 1.82) is 5.26 Å². The Morgan fingerprint density at radius 2 is 2.33 bits per heavy atom. The zero-order chi connectivity index (χ0) is 11.8. The number of hydrogen-bond donors (Lipinski definition) is 2. The summed E-state index contributed by atoms with van der Waals surface area (Å²) in [6.07, 6.45) is 0.253. The SMILES string of the molecule is CCNC(=S)N(CCC#N)C(C)C(=O)O. The lowest BCUT2D eigenvalue weighted by Gasteiger charge is -2.28. The lowest BCUT2D eigenvalue weighted by atomic mass is 10.3. The monoisotopic (exact) mass is 229 g/mol. The third-order valence-corrected chi connectivity index (χ3v) is 2.26. The van der Waals surface area contributed by atoms with E-state index >= 15 is 0 Å². The molecule has 0 heterocycles. The maximum Gasteiger partial charge on any atom is 0.326 e. The molecule has 0 aliphatic carbocycles. The van der Waals surface area contributed by atoms with E-state index in [0.717, 1.165) is 0 Å². The minimum atomic E-state index is -0.951. The highest BCUT2D eigenvalue weighted by Gasteiger charge is 2.22. The molecule has 84 valence electrons. The Morgan fingerprint density at radius 1 is 1.73 bits per heavy atom. The number of nitrogens with one attached hydrogen (secondary N) is 1. The van der Waals surface area contributed by atoms with Crippen LogP contribution in [-0.4, -0.2) is 40.2 Å². The fraction of sp³-hybridized carbons (Fsp3) is 0.667. The van der Waals surface area contributed by atoms with Gasteiger partial charge >= 0.3 is 5.97 Å². The molecule has 0 spiro atoms. The Hall–Kier alpha value is -1.35. The van der Waals surface area contributed by atoms with Crippen LogP contribution in [0.3, 0.4) is 0 Å². The van der Waals surface area contributed by atoms with Gasteiger partial charge in [0, 0.05) is 13.1 Å². The molecular weight excluding hydrogens is 214 g/mol. The largest absolute Gasteiger partial charge is 0.480 e. The van der Waals surface area contributed by atoms with Gasteiger partial charge in [-0.3, -0.25) is 0 Å². The van der Waals surface area contributed by atoms with Gasteiger partial charge in [-0.05, 0) is 26.1 Å². The molecule has 0 aromatic carbocycles. The Balaban J connectivity index is 4.50. The minimum Gasteiger partial charge on any atom is -0.480 e. The van der Waals surface area contributed by atoms with Gasteiger partial charge in [-0.2, -0.15) is 5.26 Å². The number of aliphatic carboxylic acids is 1. The molecule has 5 nitrogen and oxygen atoms in total. The first-order chi connectivity index (χ1) is 7.04. The molecule has 0 aromatic heterocycles. The first-order valence-electron chi connectivity index (χ1n) is 4.68. The van der Waals surface area contributed by atoms with E-state index in [-0.39, 0.29) is 6.42 Å². The zero-order valence-electron chi connectivity index (χ0n) is 8.86. The highest BCUT2D eigenvalue weighted by Crippen LogP contribution is 2.01. The Labute approximate surface area is 94.7 Å². The molecule has 0 amide bonds. The number of hydrogen-bond acceptors (Lipinski definition) is 3. The van der Waals surface area contributed by atoms with Crippen molar-refractivity contribution in [3.8, 4) is 6.07 Å². The van der Waals surface area contributed by atoms with Crippen LogP contribution in [0.2, 0.25) is 0 Å². The van der Waals surface area contributed by atoms with E-state index in [2.05, 4.69) is 5.32 Å². The first kappa shape index (κ1) is 13.7. The number of rotatable bonds is 5. The van der Waals surface area contributed by atoms with E-state index in [1.54, 1.807) is 6.92 Å². The fourth-order valence-corrected chi connectivity index (χ4v) is 1.42. The molecule has 6 heteroatoms. The second-order valence-corrected chi connectivity index (χ2v) is 3.34. The standard InChI is InChI=1S/C9H15N3O2S/c1-3-11-9(15)12(6-4-5-10)7(2)8(13)14/h7H,3-4,6H2,1-2H3,(H,11,15)(H,13,14). The van der Waals surface area contributed by atoms with Gasteiger partial charge in [-0.25, -0.2) is 4.79 Å². The van der Waals surface area contributed by atoms with Crippen LogP contribution in [0.1, 0.15) is 20.3 Å². The van der Waals surface area contributed by atoms with Gasteiger partial charge in [0.05, 0.1) is 12.5 Å². The predicted octanol–water partition coefficient (Wildman–Crippen LogP) is 0.570. The molecule has 15 heavy (non-hydrogen) atoms. The molecule has 0 saturated heterocycles. The summed E-state index contributed by atoms with van der Waals surface area (Å²) in [5.41, 5.74) is 0. The highest BCUT2D eigenvalue weighted by atomic mass is 32.1. The Kier molecular flexibility index (Phi) is 6.38. The van der Waals surface area contributed by atoms with E-state index < -0.39 is 12.0 Å². The van der Waals surface area contributed by atoms with E-state index in [0.29, 0.717) is 18.2 Å². The summed E-state index contributed by atoms with van der Waals surface area (Å²) in [6, 6.07) is 1.25. The summed E-state index contributed by atoms with van der Waals surface area (Å²) in [5, 5.41) is 20.6. The number of carboxylic acids is 1. The van der Waals surface area contributed by atoms with Crippen LogP contribution in [0.15, 0.2) is 0 Å². The van der Waals surface area contributed by atoms with Crippen molar-refractivity contribution in [2.75, 3.05) is 13.1 Å². The van der Waals surface area contributed by atoms with Crippen LogP contribution >= 0.6 is 12.2 Å². The molecular formula is C9H15N3O2S. The molecule has 0 aromatic rings. The first-order valence-corrected chi connectivity index (χ1v) is 5.09. The number of nitriles is 1. The molecule has 0 saturated carbocycles. The number of carboxylic acid groups (broad SMARTS) is 1. The van der Waals surface area contributed by atoms with Gasteiger partial charge < -0.3 is 15.3 Å². The van der Waals surface area contributed by atoms with E-state index in [9.17, 15) is 4.79 Å². The average molecular weight is 229 g/mol. The minimum absolute atomic E-state index is 0.253. The Morgan fingerprint density at radius 3 is 2.73 bits per heavy atom. The molecule has 0 aliphatic rings. The summed E-state index contributed by atoms with van der Waals surface area (Å²) in [4.78, 5) is 12.3. The van der Waals surface area contributed by atoms with E-state index in [1.807, 2.05) is 13.0 Å². The summed E-state index contributed by atoms with van der Waals surface area (Å²) >= 11 is 5.03. The number of nitrogens with zero attached hydrogens (tertiary/aromatic N) is 2. The van der Waals surface area contributed by atoms with Crippen molar-refractivity contribution in [3.05, 3.63) is 0 Å². The normalized spacial score (nSPS) is 11.3. The molecule has 0 aliphatic heterocycles. The molecule has 0 bridgehead atoms. The maximum absolute atomic E-state index is 10.8. The summed E-state index contributed by atoms with van der Waals surface area (Å²) in [6.45, 7) is 4.38. The lowest BCUT2D eigenvalue weighted by molar-refractivity contribution is -0.141. The maximum atomic E-state index is 10.8. The van der Waals surface area contributed by atoms with Crippen molar-refractivity contribution in [2.24, 2.45) is 0 Å². The van der Waals surface area contributed by atoms with Crippen LogP contribution in [0.5, 0.6) is 0 Å². The van der Waals surface area contributed by atoms with Crippen molar-refractivity contribution < 1.29 is 9.90 Å². The third-order valence-electron chi connectivity index (χ3n) is 1.88. The van der Waals surface area contributed by atoms with Gasteiger partial charge in [0.25, 0.3) is 0 Å². The average Bonchev–Trinajstić information content (AvgIpc) is 2.18. The predicted molar refractivity (Wildman–Crippen MR) is 60.3 cm³/mol. The van der Waals surface area contributed by atoms with Crippen LogP contribution in [0.25, 0.3) is 0 Å². The van der Waals surface area contributed by atoms with Crippen LogP contribution in [-0.2, 0) is 4.79 Å². The summed E-state index contributed by atoms with van der Waals surface area (Å²) in [5.74, 6) is -0.951. The van der Waals surface area contributed by atoms with Gasteiger partial charge in [0.1, 0.15) is 6.04 Å². The zero-order valence-corrected chi connectivity index (χ0v) is 9.67. The van der Waals surface area contributed by atoms with Crippen LogP contribution in [0, 0.1) is 11.3 Å². The molecule has 1 unspecified atom stereocenters. The third kappa shape index (κ3) is 4.61. The number of carbonyl (C=O) groups is 1. The smallest absolute Gasteiger partial charge is 0.326 e. The Bertz CT molecular complexity index is 275. The molecule has 1 atom stereocenters.